The molecule has 0 aliphatic carbocycles. The van der Waals surface area contributed by atoms with E-state index in [-0.39, 0.29) is 10.6 Å². The standard InChI is InChI=1S/C8H8F3NS/c1-13-7-5(8(9,10)11)3-2-4-6(7)12/h2-4H,12H2,1H3. The van der Waals surface area contributed by atoms with Crippen LogP contribution in [0.15, 0.2) is 23.1 Å². The predicted molar refractivity (Wildman–Crippen MR) is 47.6 cm³/mol. The number of benzene rings is 1. The third kappa shape index (κ3) is 2.09. The van der Waals surface area contributed by atoms with E-state index in [9.17, 15) is 13.2 Å². The smallest absolute Gasteiger partial charge is 0.398 e. The molecule has 0 fully saturated rings. The van der Waals surface area contributed by atoms with Gasteiger partial charge in [-0.05, 0) is 18.4 Å². The summed E-state index contributed by atoms with van der Waals surface area (Å²) in [6.45, 7) is 0. The van der Waals surface area contributed by atoms with Gasteiger partial charge < -0.3 is 5.73 Å². The van der Waals surface area contributed by atoms with Gasteiger partial charge in [-0.3, -0.25) is 0 Å². The van der Waals surface area contributed by atoms with Crippen molar-refractivity contribution in [3.05, 3.63) is 23.8 Å². The number of rotatable bonds is 1. The zero-order valence-corrected chi connectivity index (χ0v) is 7.67. The van der Waals surface area contributed by atoms with Crippen molar-refractivity contribution < 1.29 is 13.2 Å². The molecule has 0 aliphatic heterocycles. The third-order valence-electron chi connectivity index (χ3n) is 1.56. The molecule has 0 saturated carbocycles. The van der Waals surface area contributed by atoms with Crippen molar-refractivity contribution in [1.82, 2.24) is 0 Å². The maximum atomic E-state index is 12.3. The molecule has 0 amide bonds. The van der Waals surface area contributed by atoms with Crippen molar-refractivity contribution in [3.8, 4) is 0 Å². The molecular weight excluding hydrogens is 199 g/mol. The first-order valence-corrected chi connectivity index (χ1v) is 4.69. The highest BCUT2D eigenvalue weighted by Crippen LogP contribution is 2.38. The van der Waals surface area contributed by atoms with Gasteiger partial charge in [-0.25, -0.2) is 0 Å². The fraction of sp³-hybridized carbons (Fsp3) is 0.250. The van der Waals surface area contributed by atoms with E-state index in [2.05, 4.69) is 0 Å². The largest absolute Gasteiger partial charge is 0.417 e. The van der Waals surface area contributed by atoms with E-state index in [4.69, 9.17) is 5.73 Å². The van der Waals surface area contributed by atoms with Gasteiger partial charge in [0.05, 0.1) is 5.56 Å². The molecule has 0 saturated heterocycles. The molecule has 0 heterocycles. The van der Waals surface area contributed by atoms with E-state index in [1.54, 1.807) is 6.26 Å². The highest BCUT2D eigenvalue weighted by atomic mass is 32.2. The molecule has 0 radical (unpaired) electrons. The second-order valence-electron chi connectivity index (χ2n) is 2.43. The summed E-state index contributed by atoms with van der Waals surface area (Å²) in [6.07, 6.45) is -2.76. The highest BCUT2D eigenvalue weighted by Gasteiger charge is 2.33. The molecule has 72 valence electrons. The average molecular weight is 207 g/mol. The van der Waals surface area contributed by atoms with Gasteiger partial charge in [0.15, 0.2) is 0 Å². The third-order valence-corrected chi connectivity index (χ3v) is 2.42. The Kier molecular flexibility index (Phi) is 2.75. The monoisotopic (exact) mass is 207 g/mol. The summed E-state index contributed by atoms with van der Waals surface area (Å²) in [5, 5.41) is 0. The van der Waals surface area contributed by atoms with Crippen LogP contribution >= 0.6 is 11.8 Å². The highest BCUT2D eigenvalue weighted by molar-refractivity contribution is 7.98. The number of alkyl halides is 3. The number of hydrogen-bond donors (Lipinski definition) is 1. The summed E-state index contributed by atoms with van der Waals surface area (Å²) >= 11 is 1.00. The van der Waals surface area contributed by atoms with Crippen LogP contribution in [0.2, 0.25) is 0 Å². The van der Waals surface area contributed by atoms with Gasteiger partial charge in [0.2, 0.25) is 0 Å². The van der Waals surface area contributed by atoms with E-state index in [0.717, 1.165) is 17.8 Å². The van der Waals surface area contributed by atoms with Gasteiger partial charge in [0, 0.05) is 10.6 Å². The summed E-state index contributed by atoms with van der Waals surface area (Å²) in [5.74, 6) is 0. The van der Waals surface area contributed by atoms with Crippen LogP contribution in [0.5, 0.6) is 0 Å². The molecule has 0 aromatic heterocycles. The van der Waals surface area contributed by atoms with Crippen LogP contribution in [0.1, 0.15) is 5.56 Å². The zero-order valence-electron chi connectivity index (χ0n) is 6.85. The summed E-state index contributed by atoms with van der Waals surface area (Å²) in [7, 11) is 0. The van der Waals surface area contributed by atoms with E-state index in [1.165, 1.54) is 12.1 Å². The molecule has 5 heteroatoms. The first kappa shape index (κ1) is 10.2. The van der Waals surface area contributed by atoms with Crippen molar-refractivity contribution in [2.45, 2.75) is 11.1 Å². The Morgan fingerprint density at radius 1 is 1.31 bits per heavy atom. The van der Waals surface area contributed by atoms with Crippen LogP contribution in [0.25, 0.3) is 0 Å². The van der Waals surface area contributed by atoms with Crippen LogP contribution in [-0.4, -0.2) is 6.26 Å². The SMILES string of the molecule is CSc1c(N)cccc1C(F)(F)F. The van der Waals surface area contributed by atoms with Gasteiger partial charge in [0.1, 0.15) is 0 Å². The number of anilines is 1. The lowest BCUT2D eigenvalue weighted by atomic mass is 10.2. The second-order valence-corrected chi connectivity index (χ2v) is 3.24. The zero-order chi connectivity index (χ0) is 10.1. The van der Waals surface area contributed by atoms with Crippen LogP contribution in [0.4, 0.5) is 18.9 Å². The fourth-order valence-electron chi connectivity index (χ4n) is 1.01. The fourth-order valence-corrected chi connectivity index (χ4v) is 1.71. The number of nitrogen functional groups attached to an aromatic ring is 1. The second kappa shape index (κ2) is 3.49. The molecule has 2 N–H and O–H groups in total. The molecule has 0 unspecified atom stereocenters. The van der Waals surface area contributed by atoms with E-state index >= 15 is 0 Å². The van der Waals surface area contributed by atoms with Gasteiger partial charge in [-0.15, -0.1) is 11.8 Å². The van der Waals surface area contributed by atoms with Gasteiger partial charge in [-0.1, -0.05) is 6.07 Å². The van der Waals surface area contributed by atoms with Crippen molar-refractivity contribution in [2.24, 2.45) is 0 Å². The van der Waals surface area contributed by atoms with Crippen molar-refractivity contribution in [3.63, 3.8) is 0 Å². The molecule has 0 bridgehead atoms. The Labute approximate surface area is 78.1 Å². The maximum absolute atomic E-state index is 12.3. The first-order valence-electron chi connectivity index (χ1n) is 3.46. The molecule has 1 aromatic carbocycles. The summed E-state index contributed by atoms with van der Waals surface area (Å²) in [6, 6.07) is 3.79. The average Bonchev–Trinajstić information content (AvgIpc) is 2.02. The molecule has 13 heavy (non-hydrogen) atoms. The minimum Gasteiger partial charge on any atom is -0.398 e. The van der Waals surface area contributed by atoms with Gasteiger partial charge in [-0.2, -0.15) is 13.2 Å². The molecule has 0 aliphatic rings. The molecule has 0 spiro atoms. The van der Waals surface area contributed by atoms with Crippen molar-refractivity contribution >= 4 is 17.4 Å². The van der Waals surface area contributed by atoms with Crippen LogP contribution in [0, 0.1) is 0 Å². The molecule has 1 nitrogen and oxygen atoms in total. The molecule has 0 atom stereocenters. The summed E-state index contributed by atoms with van der Waals surface area (Å²) in [4.78, 5) is 0.0926. The normalized spacial score (nSPS) is 11.7. The van der Waals surface area contributed by atoms with Gasteiger partial charge in [0.25, 0.3) is 0 Å². The number of thioether (sulfide) groups is 1. The summed E-state index contributed by atoms with van der Waals surface area (Å²) in [5.41, 5.74) is 4.91. The van der Waals surface area contributed by atoms with Crippen molar-refractivity contribution in [2.75, 3.05) is 12.0 Å². The topological polar surface area (TPSA) is 26.0 Å². The van der Waals surface area contributed by atoms with Crippen LogP contribution in [-0.2, 0) is 6.18 Å². The van der Waals surface area contributed by atoms with Crippen LogP contribution < -0.4 is 5.73 Å². The van der Waals surface area contributed by atoms with Crippen LogP contribution in [0.3, 0.4) is 0 Å². The van der Waals surface area contributed by atoms with Crippen molar-refractivity contribution in [1.29, 1.82) is 0 Å². The van der Waals surface area contributed by atoms with Gasteiger partial charge >= 0.3 is 6.18 Å². The maximum Gasteiger partial charge on any atom is 0.417 e. The predicted octanol–water partition coefficient (Wildman–Crippen LogP) is 3.01. The lowest BCUT2D eigenvalue weighted by molar-refractivity contribution is -0.139. The number of hydrogen-bond acceptors (Lipinski definition) is 2. The Balaban J connectivity index is 3.29. The van der Waals surface area contributed by atoms with E-state index in [1.807, 2.05) is 0 Å². The minimum absolute atomic E-state index is 0.0926. The molecular formula is C8H8F3NS. The lowest BCUT2D eigenvalue weighted by Crippen LogP contribution is -2.08. The Morgan fingerprint density at radius 3 is 2.31 bits per heavy atom. The minimum atomic E-state index is -4.33. The Bertz CT molecular complexity index is 309. The number of nitrogens with two attached hydrogens (primary N) is 1. The number of halogens is 3. The quantitative estimate of drug-likeness (QED) is 0.566. The van der Waals surface area contributed by atoms with E-state index in [0.29, 0.717) is 0 Å². The Morgan fingerprint density at radius 2 is 1.92 bits per heavy atom. The molecule has 1 rings (SSSR count). The lowest BCUT2D eigenvalue weighted by Gasteiger charge is -2.12. The molecule has 1 aromatic rings. The van der Waals surface area contributed by atoms with E-state index < -0.39 is 11.7 Å². The Hall–Kier alpha value is -0.840. The first-order chi connectivity index (χ1) is 5.96. The summed E-state index contributed by atoms with van der Waals surface area (Å²) < 4.78 is 37.0.